The number of methoxy groups -OCH3 is 2. The van der Waals surface area contributed by atoms with Gasteiger partial charge in [0.2, 0.25) is 0 Å². The molecule has 20 unspecified atom stereocenters. The number of carbonyl (C=O) groups is 1. The average Bonchev–Trinajstić information content (AvgIpc) is 3.69. The molecule has 418 valence electrons. The van der Waals surface area contributed by atoms with Crippen molar-refractivity contribution in [3.63, 3.8) is 0 Å². The fraction of sp³-hybridized carbons (Fsp3) is 0.796. The predicted molar refractivity (Wildman–Crippen MR) is 283 cm³/mol. The Bertz CT molecular complexity index is 1900. The maximum Gasteiger partial charge on any atom is 0.316 e. The number of nitrogens with zero attached hydrogens (tertiary/aromatic N) is 1. The second kappa shape index (κ2) is 28.6. The molecule has 4 saturated heterocycles. The van der Waals surface area contributed by atoms with Crippen LogP contribution in [0.4, 0.5) is 0 Å². The number of hydrogen-bond donors (Lipinski definition) is 3. The topological polar surface area (TPSA) is 173 Å². The van der Waals surface area contributed by atoms with Crippen LogP contribution in [0.15, 0.2) is 59.3 Å². The van der Waals surface area contributed by atoms with Crippen LogP contribution in [-0.2, 0) is 52.2 Å². The third kappa shape index (κ3) is 15.1. The summed E-state index contributed by atoms with van der Waals surface area (Å²) >= 11 is 16.6. The highest BCUT2D eigenvalue weighted by atomic mass is 35.5. The van der Waals surface area contributed by atoms with Gasteiger partial charge >= 0.3 is 5.97 Å². The summed E-state index contributed by atoms with van der Waals surface area (Å²) in [4.78, 5) is 16.5. The number of alkyl halides is 3. The molecule has 73 heavy (non-hydrogen) atoms. The zero-order valence-electron chi connectivity index (χ0n) is 44.4. The second-order valence-corrected chi connectivity index (χ2v) is 22.0. The fourth-order valence-electron chi connectivity index (χ4n) is 11.3. The lowest BCUT2D eigenvalue weighted by molar-refractivity contribution is -0.318. The minimum absolute atomic E-state index is 0. The van der Waals surface area contributed by atoms with Gasteiger partial charge in [0, 0.05) is 89.0 Å². The van der Waals surface area contributed by atoms with Gasteiger partial charge in [-0.2, -0.15) is 0 Å². The minimum Gasteiger partial charge on any atom is -0.462 e. The lowest BCUT2D eigenvalue weighted by Crippen LogP contribution is -2.58. The van der Waals surface area contributed by atoms with Gasteiger partial charge in [0.25, 0.3) is 0 Å². The van der Waals surface area contributed by atoms with Gasteiger partial charge in [-0.05, 0) is 62.8 Å². The maximum atomic E-state index is 14.3. The first kappa shape index (κ1) is 62.7. The lowest BCUT2D eigenvalue weighted by atomic mass is 9.71. The van der Waals surface area contributed by atoms with Crippen molar-refractivity contribution in [2.75, 3.05) is 58.1 Å². The third-order valence-corrected chi connectivity index (χ3v) is 16.2. The molecule has 7 rings (SSSR count). The van der Waals surface area contributed by atoms with Gasteiger partial charge in [0.1, 0.15) is 42.0 Å². The summed E-state index contributed by atoms with van der Waals surface area (Å²) in [7, 11) is 3.22. The molecule has 0 amide bonds. The zero-order valence-corrected chi connectivity index (χ0v) is 47.5. The first-order valence-electron chi connectivity index (χ1n) is 26.1. The van der Waals surface area contributed by atoms with E-state index < -0.39 is 90.8 Å². The van der Waals surface area contributed by atoms with Gasteiger partial charge in [0.05, 0.1) is 49.3 Å². The molecule has 0 aromatic carbocycles. The predicted octanol–water partition coefficient (Wildman–Crippen LogP) is 7.80. The Kier molecular flexibility index (Phi) is 24.6. The van der Waals surface area contributed by atoms with Crippen LogP contribution in [0.25, 0.3) is 0 Å². The van der Waals surface area contributed by atoms with Crippen molar-refractivity contribution >= 4 is 53.2 Å². The highest BCUT2D eigenvalue weighted by Gasteiger charge is 2.60. The van der Waals surface area contributed by atoms with E-state index in [1.54, 1.807) is 40.2 Å². The first-order valence-corrected chi connectivity index (χ1v) is 27.7. The van der Waals surface area contributed by atoms with Crippen LogP contribution in [0.2, 0.25) is 0 Å². The van der Waals surface area contributed by atoms with E-state index in [0.717, 1.165) is 31.6 Å². The molecule has 20 atom stereocenters. The first-order chi connectivity index (χ1) is 34.3. The van der Waals surface area contributed by atoms with Gasteiger partial charge in [-0.25, -0.2) is 0 Å². The maximum absolute atomic E-state index is 14.3. The Hall–Kier alpha value is -1.19. The van der Waals surface area contributed by atoms with E-state index in [-0.39, 0.29) is 55.1 Å². The number of ether oxygens (including phenoxy) is 10. The fourth-order valence-corrected chi connectivity index (χ4v) is 12.0. The van der Waals surface area contributed by atoms with Crippen molar-refractivity contribution in [1.82, 2.24) is 4.90 Å². The molecule has 3 N–H and O–H groups in total. The summed E-state index contributed by atoms with van der Waals surface area (Å²) in [6, 6.07) is 0. The van der Waals surface area contributed by atoms with Gasteiger partial charge in [-0.1, -0.05) is 70.6 Å². The number of fused-ring (bicyclic) bond motifs is 2. The number of halogens is 4. The Balaban J connectivity index is 0.000000812. The van der Waals surface area contributed by atoms with Crippen LogP contribution in [0, 0.1) is 23.7 Å². The number of carbonyl (C=O) groups excluding carboxylic acids is 1. The molecule has 6 heterocycles. The van der Waals surface area contributed by atoms with Crippen LogP contribution in [-0.4, -0.2) is 182 Å². The Morgan fingerprint density at radius 2 is 1.49 bits per heavy atom. The number of aliphatic hydroxyl groups is 3. The molecule has 15 nitrogen and oxygen atoms in total. The Labute approximate surface area is 455 Å². The molecule has 0 aromatic rings. The summed E-state index contributed by atoms with van der Waals surface area (Å²) in [6.45, 7) is 18.7. The van der Waals surface area contributed by atoms with E-state index in [1.165, 1.54) is 0 Å². The van der Waals surface area contributed by atoms with E-state index in [0.29, 0.717) is 60.9 Å². The molecule has 0 radical (unpaired) electrons. The summed E-state index contributed by atoms with van der Waals surface area (Å²) in [6.07, 6.45) is 8.55. The largest absolute Gasteiger partial charge is 0.462 e. The van der Waals surface area contributed by atoms with Crippen LogP contribution in [0.5, 0.6) is 0 Å². The van der Waals surface area contributed by atoms with Crippen molar-refractivity contribution in [2.45, 2.75) is 191 Å². The Morgan fingerprint density at radius 1 is 0.849 bits per heavy atom. The third-order valence-electron chi connectivity index (χ3n) is 15.7. The quantitative estimate of drug-likeness (QED) is 0.0873. The van der Waals surface area contributed by atoms with E-state index in [2.05, 4.69) is 44.7 Å². The molecule has 19 heteroatoms. The molecule has 6 aliphatic heterocycles. The number of esters is 1. The lowest BCUT2D eigenvalue weighted by Gasteiger charge is -2.48. The van der Waals surface area contributed by atoms with E-state index in [1.807, 2.05) is 32.1 Å². The van der Waals surface area contributed by atoms with Crippen molar-refractivity contribution in [3.05, 3.63) is 59.3 Å². The van der Waals surface area contributed by atoms with Crippen molar-refractivity contribution in [2.24, 2.45) is 23.7 Å². The minimum atomic E-state index is -1.84. The van der Waals surface area contributed by atoms with Gasteiger partial charge < -0.3 is 62.7 Å². The van der Waals surface area contributed by atoms with Crippen molar-refractivity contribution in [3.8, 4) is 0 Å². The van der Waals surface area contributed by atoms with Gasteiger partial charge in [-0.15, -0.1) is 47.2 Å². The molecule has 4 fully saturated rings. The van der Waals surface area contributed by atoms with Crippen LogP contribution in [0.1, 0.15) is 93.9 Å². The van der Waals surface area contributed by atoms with E-state index >= 15 is 0 Å². The summed E-state index contributed by atoms with van der Waals surface area (Å²) in [5.74, 6) is -0.624. The van der Waals surface area contributed by atoms with E-state index in [4.69, 9.17) is 82.2 Å². The average molecular weight is 1110 g/mol. The summed E-state index contributed by atoms with van der Waals surface area (Å²) < 4.78 is 63.7. The number of aliphatic hydroxyl groups excluding tert-OH is 2. The number of hydrogen-bond acceptors (Lipinski definition) is 15. The van der Waals surface area contributed by atoms with Crippen LogP contribution in [0.3, 0.4) is 0 Å². The molecule has 7 aliphatic rings. The molecular formula is C54H85Cl4NO14. The number of rotatable bonds is 14. The molecule has 1 spiro atoms. The monoisotopic (exact) mass is 1110 g/mol. The summed E-state index contributed by atoms with van der Waals surface area (Å²) in [5.41, 5.74) is 0.134. The highest BCUT2D eigenvalue weighted by Crippen LogP contribution is 2.47. The van der Waals surface area contributed by atoms with Gasteiger partial charge in [0.15, 0.2) is 18.4 Å². The van der Waals surface area contributed by atoms with Crippen molar-refractivity contribution in [1.29, 1.82) is 0 Å². The number of allylic oxidation sites excluding steroid dienone is 2. The molecule has 1 aliphatic carbocycles. The normalized spacial score (nSPS) is 41.4. The standard InChI is InChI=1S/C48H72O14.C6H12Cl3N.ClH/c1-11-25(2)43-28(5)17-18-47(62-43)23-34-20-33(61-47)16-15-27(4)42(26(3)13-12-14-32-24-55-45-40(49)29(6)19-35(46(51)58-34)48(32,45)52)59-39-22-37(54-10)44(31(8)57-39)60-38-21-36(53-9)41(50)30(7)56-38;7-1-4-10(5-2-8)6-3-9;/h12-15,17-19,25-26,28,30-31,33-45,49-50,52H,11,16,20-24H2,1-10H3;1-6H2;1H. The second-order valence-electron chi connectivity index (χ2n) is 20.9. The highest BCUT2D eigenvalue weighted by molar-refractivity contribution is 6.18. The van der Waals surface area contributed by atoms with Crippen LogP contribution >= 0.6 is 47.2 Å². The Morgan fingerprint density at radius 3 is 2.14 bits per heavy atom. The van der Waals surface area contributed by atoms with Gasteiger partial charge in [-0.3, -0.25) is 9.69 Å². The smallest absolute Gasteiger partial charge is 0.316 e. The zero-order chi connectivity index (χ0) is 52.5. The molecular weight excluding hydrogens is 1030 g/mol. The molecule has 2 bridgehead atoms. The molecule has 0 saturated carbocycles. The van der Waals surface area contributed by atoms with Crippen molar-refractivity contribution < 1.29 is 67.5 Å². The van der Waals surface area contributed by atoms with E-state index in [9.17, 15) is 20.1 Å². The summed E-state index contributed by atoms with van der Waals surface area (Å²) in [5, 5.41) is 34.2. The van der Waals surface area contributed by atoms with Crippen LogP contribution < -0.4 is 0 Å². The molecule has 0 aromatic heterocycles. The SMILES string of the molecule is CCC(C)C1OC2(C=CC1C)CC1CC(CC=C(C)C(OC3CC(OC)C(OC4CC(OC)C(O)C(C)O4)C(C)O3)C(C)C=CC=C3COC4C(O)C(C)=CC(C(=O)O1)C34O)O2.Cl.ClCCN(CCCl)CCCl.